The highest BCUT2D eigenvalue weighted by Crippen LogP contribution is 2.40. The number of aliphatic carboxylic acids is 1. The second kappa shape index (κ2) is 5.85. The first-order valence-electron chi connectivity index (χ1n) is 6.63. The SMILES string of the molecule is CCc1ccc(C(O)C2CCCCC2C(=O)O)s1. The molecule has 2 rings (SSSR count). The Kier molecular flexibility index (Phi) is 4.40. The van der Waals surface area contributed by atoms with Gasteiger partial charge in [0.15, 0.2) is 0 Å². The molecule has 1 heterocycles. The fraction of sp³-hybridized carbons (Fsp3) is 0.643. The van der Waals surface area contributed by atoms with Crippen molar-refractivity contribution in [2.45, 2.75) is 45.1 Å². The van der Waals surface area contributed by atoms with Crippen LogP contribution in [0.2, 0.25) is 0 Å². The third-order valence-electron chi connectivity index (χ3n) is 3.86. The normalized spacial score (nSPS) is 25.9. The quantitative estimate of drug-likeness (QED) is 0.881. The maximum Gasteiger partial charge on any atom is 0.306 e. The van der Waals surface area contributed by atoms with E-state index in [-0.39, 0.29) is 11.8 Å². The molecule has 1 aliphatic rings. The lowest BCUT2D eigenvalue weighted by Gasteiger charge is -2.31. The monoisotopic (exact) mass is 268 g/mol. The van der Waals surface area contributed by atoms with Crippen LogP contribution in [-0.2, 0) is 11.2 Å². The highest BCUT2D eigenvalue weighted by atomic mass is 32.1. The summed E-state index contributed by atoms with van der Waals surface area (Å²) in [5.41, 5.74) is 0. The summed E-state index contributed by atoms with van der Waals surface area (Å²) in [6, 6.07) is 3.98. The molecule has 0 aliphatic heterocycles. The predicted octanol–water partition coefficient (Wildman–Crippen LogP) is 3.23. The van der Waals surface area contributed by atoms with Crippen LogP contribution >= 0.6 is 11.3 Å². The van der Waals surface area contributed by atoms with Gasteiger partial charge in [0.1, 0.15) is 0 Å². The van der Waals surface area contributed by atoms with Crippen molar-refractivity contribution in [2.75, 3.05) is 0 Å². The summed E-state index contributed by atoms with van der Waals surface area (Å²) in [5, 5.41) is 19.7. The number of rotatable bonds is 4. The van der Waals surface area contributed by atoms with Crippen molar-refractivity contribution in [1.82, 2.24) is 0 Å². The summed E-state index contributed by atoms with van der Waals surface area (Å²) in [6.45, 7) is 2.09. The van der Waals surface area contributed by atoms with Gasteiger partial charge in [0.25, 0.3) is 0 Å². The van der Waals surface area contributed by atoms with Gasteiger partial charge in [-0.3, -0.25) is 4.79 Å². The molecule has 0 saturated heterocycles. The van der Waals surface area contributed by atoms with Gasteiger partial charge in [-0.15, -0.1) is 11.3 Å². The highest BCUT2D eigenvalue weighted by molar-refractivity contribution is 7.12. The first-order chi connectivity index (χ1) is 8.63. The second-order valence-corrected chi connectivity index (χ2v) is 6.20. The van der Waals surface area contributed by atoms with Crippen LogP contribution in [0, 0.1) is 11.8 Å². The van der Waals surface area contributed by atoms with Crippen LogP contribution in [0.1, 0.15) is 48.5 Å². The lowest BCUT2D eigenvalue weighted by atomic mass is 9.76. The Balaban J connectivity index is 2.14. The van der Waals surface area contributed by atoms with Crippen LogP contribution in [0.25, 0.3) is 0 Å². The van der Waals surface area contributed by atoms with Crippen LogP contribution in [0.5, 0.6) is 0 Å². The van der Waals surface area contributed by atoms with Crippen LogP contribution in [-0.4, -0.2) is 16.2 Å². The third-order valence-corrected chi connectivity index (χ3v) is 5.16. The van der Waals surface area contributed by atoms with Crippen molar-refractivity contribution in [3.8, 4) is 0 Å². The Morgan fingerprint density at radius 1 is 1.44 bits per heavy atom. The van der Waals surface area contributed by atoms with Gasteiger partial charge in [0.05, 0.1) is 12.0 Å². The van der Waals surface area contributed by atoms with Gasteiger partial charge < -0.3 is 10.2 Å². The Labute approximate surface area is 111 Å². The minimum absolute atomic E-state index is 0.125. The number of aryl methyl sites for hydroxylation is 1. The van der Waals surface area contributed by atoms with Crippen molar-refractivity contribution in [2.24, 2.45) is 11.8 Å². The lowest BCUT2D eigenvalue weighted by Crippen LogP contribution is -2.31. The topological polar surface area (TPSA) is 57.5 Å². The zero-order valence-electron chi connectivity index (χ0n) is 10.6. The molecule has 100 valence electrons. The summed E-state index contributed by atoms with van der Waals surface area (Å²) in [4.78, 5) is 13.4. The number of carboxylic acid groups (broad SMARTS) is 1. The zero-order chi connectivity index (χ0) is 13.1. The molecular formula is C14H20O3S. The average molecular weight is 268 g/mol. The van der Waals surface area contributed by atoms with Crippen molar-refractivity contribution < 1.29 is 15.0 Å². The van der Waals surface area contributed by atoms with E-state index in [1.54, 1.807) is 11.3 Å². The van der Waals surface area contributed by atoms with E-state index in [1.807, 2.05) is 12.1 Å². The Bertz CT molecular complexity index is 413. The summed E-state index contributed by atoms with van der Waals surface area (Å²) < 4.78 is 0. The Morgan fingerprint density at radius 3 is 2.78 bits per heavy atom. The molecule has 18 heavy (non-hydrogen) atoms. The maximum absolute atomic E-state index is 11.3. The van der Waals surface area contributed by atoms with Crippen LogP contribution < -0.4 is 0 Å². The number of thiophene rings is 1. The molecule has 1 fully saturated rings. The average Bonchev–Trinajstić information content (AvgIpc) is 2.86. The molecule has 3 unspecified atom stereocenters. The molecule has 3 nitrogen and oxygen atoms in total. The minimum atomic E-state index is -0.758. The fourth-order valence-corrected chi connectivity index (χ4v) is 3.81. The molecule has 0 aromatic carbocycles. The first kappa shape index (κ1) is 13.6. The van der Waals surface area contributed by atoms with E-state index in [0.29, 0.717) is 6.42 Å². The van der Waals surface area contributed by atoms with Crippen molar-refractivity contribution in [3.63, 3.8) is 0 Å². The first-order valence-corrected chi connectivity index (χ1v) is 7.44. The fourth-order valence-electron chi connectivity index (χ4n) is 2.80. The van der Waals surface area contributed by atoms with E-state index in [0.717, 1.165) is 30.6 Å². The molecule has 4 heteroatoms. The lowest BCUT2D eigenvalue weighted by molar-refractivity contribution is -0.147. The number of carboxylic acids is 1. The van der Waals surface area contributed by atoms with E-state index < -0.39 is 12.1 Å². The van der Waals surface area contributed by atoms with Crippen molar-refractivity contribution >= 4 is 17.3 Å². The largest absolute Gasteiger partial charge is 0.481 e. The van der Waals surface area contributed by atoms with Gasteiger partial charge in [-0.25, -0.2) is 0 Å². The van der Waals surface area contributed by atoms with E-state index in [9.17, 15) is 15.0 Å². The molecule has 1 saturated carbocycles. The predicted molar refractivity (Wildman–Crippen MR) is 71.7 cm³/mol. The van der Waals surface area contributed by atoms with E-state index in [1.165, 1.54) is 4.88 Å². The van der Waals surface area contributed by atoms with Crippen LogP contribution in [0.15, 0.2) is 12.1 Å². The highest BCUT2D eigenvalue weighted by Gasteiger charge is 2.36. The summed E-state index contributed by atoms with van der Waals surface area (Å²) in [6.07, 6.45) is 3.85. The molecule has 1 aromatic heterocycles. The summed E-state index contributed by atoms with van der Waals surface area (Å²) >= 11 is 1.61. The number of carbonyl (C=O) groups is 1. The Hall–Kier alpha value is -0.870. The molecule has 0 bridgehead atoms. The number of aliphatic hydroxyl groups excluding tert-OH is 1. The van der Waals surface area contributed by atoms with Gasteiger partial charge >= 0.3 is 5.97 Å². The summed E-state index contributed by atoms with van der Waals surface area (Å²) in [5.74, 6) is -1.27. The van der Waals surface area contributed by atoms with Crippen molar-refractivity contribution in [3.05, 3.63) is 21.9 Å². The molecule has 1 aromatic rings. The number of hydrogen-bond donors (Lipinski definition) is 2. The molecule has 1 aliphatic carbocycles. The smallest absolute Gasteiger partial charge is 0.306 e. The van der Waals surface area contributed by atoms with Crippen LogP contribution in [0.4, 0.5) is 0 Å². The molecule has 3 atom stereocenters. The maximum atomic E-state index is 11.3. The molecule has 2 N–H and O–H groups in total. The van der Waals surface area contributed by atoms with Gasteiger partial charge in [-0.05, 0) is 31.4 Å². The van der Waals surface area contributed by atoms with Gasteiger partial charge in [0.2, 0.25) is 0 Å². The standard InChI is InChI=1S/C14H20O3S/c1-2-9-7-8-12(18-9)13(15)10-5-3-4-6-11(10)14(16)17/h7-8,10-11,13,15H,2-6H2,1H3,(H,16,17). The molecule has 0 spiro atoms. The third kappa shape index (κ3) is 2.75. The number of hydrogen-bond acceptors (Lipinski definition) is 3. The van der Waals surface area contributed by atoms with E-state index >= 15 is 0 Å². The second-order valence-electron chi connectivity index (χ2n) is 5.00. The minimum Gasteiger partial charge on any atom is -0.481 e. The van der Waals surface area contributed by atoms with Crippen molar-refractivity contribution in [1.29, 1.82) is 0 Å². The van der Waals surface area contributed by atoms with Crippen LogP contribution in [0.3, 0.4) is 0 Å². The van der Waals surface area contributed by atoms with Gasteiger partial charge in [0, 0.05) is 15.7 Å². The van der Waals surface area contributed by atoms with Gasteiger partial charge in [-0.2, -0.15) is 0 Å². The summed E-state index contributed by atoms with van der Waals surface area (Å²) in [7, 11) is 0. The van der Waals surface area contributed by atoms with E-state index in [2.05, 4.69) is 6.92 Å². The Morgan fingerprint density at radius 2 is 2.17 bits per heavy atom. The van der Waals surface area contributed by atoms with Gasteiger partial charge in [-0.1, -0.05) is 19.8 Å². The van der Waals surface area contributed by atoms with E-state index in [4.69, 9.17) is 0 Å². The molecule has 0 amide bonds. The zero-order valence-corrected chi connectivity index (χ0v) is 11.4. The number of aliphatic hydroxyl groups is 1. The molecular weight excluding hydrogens is 248 g/mol. The molecule has 0 radical (unpaired) electrons.